The first-order chi connectivity index (χ1) is 8.15. The van der Waals surface area contributed by atoms with E-state index in [0.717, 1.165) is 5.56 Å². The summed E-state index contributed by atoms with van der Waals surface area (Å²) in [6.45, 7) is 0.687. The van der Waals surface area contributed by atoms with E-state index in [4.69, 9.17) is 10.5 Å². The smallest absolute Gasteiger partial charge is 0.223 e. The SMILES string of the molecule is CNC(=O)CCOc1cc(F)cc(CCN)c1. The molecular weight excluding hydrogens is 223 g/mol. The zero-order chi connectivity index (χ0) is 12.7. The van der Waals surface area contributed by atoms with Crippen molar-refractivity contribution < 1.29 is 13.9 Å². The minimum absolute atomic E-state index is 0.108. The van der Waals surface area contributed by atoms with E-state index in [0.29, 0.717) is 18.7 Å². The second-order valence-corrected chi connectivity index (χ2v) is 3.61. The number of hydrogen-bond donors (Lipinski definition) is 2. The van der Waals surface area contributed by atoms with Crippen LogP contribution in [0.2, 0.25) is 0 Å². The Balaban J connectivity index is 2.55. The summed E-state index contributed by atoms with van der Waals surface area (Å²) in [5.74, 6) is -0.0353. The van der Waals surface area contributed by atoms with Crippen LogP contribution in [0.3, 0.4) is 0 Å². The number of rotatable bonds is 6. The lowest BCUT2D eigenvalue weighted by Gasteiger charge is -2.08. The monoisotopic (exact) mass is 240 g/mol. The molecule has 0 saturated heterocycles. The number of carbonyl (C=O) groups excluding carboxylic acids is 1. The Labute approximate surface area is 100.0 Å². The Hall–Kier alpha value is -1.62. The Bertz CT molecular complexity index is 383. The number of benzene rings is 1. The molecule has 0 heterocycles. The first kappa shape index (κ1) is 13.4. The Morgan fingerprint density at radius 3 is 2.88 bits per heavy atom. The van der Waals surface area contributed by atoms with Gasteiger partial charge in [-0.25, -0.2) is 4.39 Å². The van der Waals surface area contributed by atoms with Gasteiger partial charge in [0.05, 0.1) is 13.0 Å². The van der Waals surface area contributed by atoms with Crippen molar-refractivity contribution in [1.29, 1.82) is 0 Å². The lowest BCUT2D eigenvalue weighted by Crippen LogP contribution is -2.20. The van der Waals surface area contributed by atoms with Crippen LogP contribution in [-0.4, -0.2) is 26.1 Å². The molecule has 0 atom stereocenters. The summed E-state index contributed by atoms with van der Waals surface area (Å²) in [7, 11) is 1.56. The minimum Gasteiger partial charge on any atom is -0.493 e. The maximum atomic E-state index is 13.2. The lowest BCUT2D eigenvalue weighted by atomic mass is 10.1. The quantitative estimate of drug-likeness (QED) is 0.774. The molecule has 5 heteroatoms. The summed E-state index contributed by atoms with van der Waals surface area (Å²) < 4.78 is 18.5. The molecule has 0 aliphatic carbocycles. The number of nitrogens with two attached hydrogens (primary N) is 1. The zero-order valence-corrected chi connectivity index (χ0v) is 9.83. The van der Waals surface area contributed by atoms with Gasteiger partial charge in [0.15, 0.2) is 0 Å². The highest BCUT2D eigenvalue weighted by atomic mass is 19.1. The average Bonchev–Trinajstić information content (AvgIpc) is 2.28. The van der Waals surface area contributed by atoms with Crippen LogP contribution in [0.4, 0.5) is 4.39 Å². The van der Waals surface area contributed by atoms with Crippen molar-refractivity contribution in [2.45, 2.75) is 12.8 Å². The Morgan fingerprint density at radius 1 is 1.47 bits per heavy atom. The fourth-order valence-electron chi connectivity index (χ4n) is 1.40. The standard InChI is InChI=1S/C12H17FN2O2/c1-15-12(16)3-5-17-11-7-9(2-4-14)6-10(13)8-11/h6-8H,2-5,14H2,1H3,(H,15,16). The number of nitrogens with one attached hydrogen (secondary N) is 1. The van der Waals surface area contributed by atoms with E-state index in [1.54, 1.807) is 13.1 Å². The molecule has 0 unspecified atom stereocenters. The second-order valence-electron chi connectivity index (χ2n) is 3.61. The predicted molar refractivity (Wildman–Crippen MR) is 63.3 cm³/mol. The van der Waals surface area contributed by atoms with E-state index in [-0.39, 0.29) is 24.8 Å². The molecule has 0 radical (unpaired) electrons. The zero-order valence-electron chi connectivity index (χ0n) is 9.83. The van der Waals surface area contributed by atoms with E-state index in [1.165, 1.54) is 12.1 Å². The molecule has 0 bridgehead atoms. The van der Waals surface area contributed by atoms with Crippen molar-refractivity contribution >= 4 is 5.91 Å². The van der Waals surface area contributed by atoms with Crippen LogP contribution in [0.15, 0.2) is 18.2 Å². The van der Waals surface area contributed by atoms with E-state index in [1.807, 2.05) is 0 Å². The molecule has 1 amide bonds. The normalized spacial score (nSPS) is 10.1. The average molecular weight is 240 g/mol. The summed E-state index contributed by atoms with van der Waals surface area (Å²) in [6, 6.07) is 4.46. The highest BCUT2D eigenvalue weighted by Gasteiger charge is 2.03. The van der Waals surface area contributed by atoms with Gasteiger partial charge in [0.25, 0.3) is 0 Å². The van der Waals surface area contributed by atoms with Crippen molar-refractivity contribution in [1.82, 2.24) is 5.32 Å². The molecule has 0 aliphatic heterocycles. The number of amides is 1. The van der Waals surface area contributed by atoms with E-state index >= 15 is 0 Å². The molecule has 1 aromatic carbocycles. The van der Waals surface area contributed by atoms with Crippen LogP contribution < -0.4 is 15.8 Å². The lowest BCUT2D eigenvalue weighted by molar-refractivity contribution is -0.121. The van der Waals surface area contributed by atoms with Crippen molar-refractivity contribution in [3.63, 3.8) is 0 Å². The largest absolute Gasteiger partial charge is 0.493 e. The summed E-state index contributed by atoms with van der Waals surface area (Å²) in [4.78, 5) is 11.0. The number of hydrogen-bond acceptors (Lipinski definition) is 3. The molecule has 0 fully saturated rings. The highest BCUT2D eigenvalue weighted by molar-refractivity contribution is 5.75. The highest BCUT2D eigenvalue weighted by Crippen LogP contribution is 2.16. The molecule has 3 N–H and O–H groups in total. The number of halogens is 1. The molecule has 0 spiro atoms. The van der Waals surface area contributed by atoms with Crippen molar-refractivity contribution in [2.24, 2.45) is 5.73 Å². The molecule has 0 aromatic heterocycles. The summed E-state index contributed by atoms with van der Waals surface area (Å²) in [6.07, 6.45) is 0.850. The van der Waals surface area contributed by atoms with Gasteiger partial charge in [-0.2, -0.15) is 0 Å². The molecule has 1 rings (SSSR count). The number of ether oxygens (including phenoxy) is 1. The summed E-state index contributed by atoms with van der Waals surface area (Å²) >= 11 is 0. The predicted octanol–water partition coefficient (Wildman–Crippen LogP) is 0.842. The third-order valence-electron chi connectivity index (χ3n) is 2.24. The van der Waals surface area contributed by atoms with Gasteiger partial charge in [0.1, 0.15) is 11.6 Å². The van der Waals surface area contributed by atoms with Gasteiger partial charge in [-0.1, -0.05) is 0 Å². The first-order valence-corrected chi connectivity index (χ1v) is 5.48. The molecule has 0 saturated carbocycles. The Kier molecular flexibility index (Phi) is 5.42. The van der Waals surface area contributed by atoms with E-state index in [2.05, 4.69) is 5.32 Å². The van der Waals surface area contributed by atoms with Crippen LogP contribution in [0, 0.1) is 5.82 Å². The summed E-state index contributed by atoms with van der Waals surface area (Å²) in [5.41, 5.74) is 6.20. The molecule has 94 valence electrons. The van der Waals surface area contributed by atoms with Gasteiger partial charge >= 0.3 is 0 Å². The van der Waals surface area contributed by atoms with Gasteiger partial charge < -0.3 is 15.8 Å². The maximum absolute atomic E-state index is 13.2. The van der Waals surface area contributed by atoms with Crippen LogP contribution in [-0.2, 0) is 11.2 Å². The van der Waals surface area contributed by atoms with Gasteiger partial charge in [0.2, 0.25) is 5.91 Å². The van der Waals surface area contributed by atoms with Gasteiger partial charge in [-0.05, 0) is 30.7 Å². The van der Waals surface area contributed by atoms with E-state index in [9.17, 15) is 9.18 Å². The number of carbonyl (C=O) groups is 1. The van der Waals surface area contributed by atoms with Crippen LogP contribution >= 0.6 is 0 Å². The molecule has 0 aliphatic rings. The van der Waals surface area contributed by atoms with Gasteiger partial charge in [-0.3, -0.25) is 4.79 Å². The third kappa shape index (κ3) is 4.82. The topological polar surface area (TPSA) is 64.3 Å². The van der Waals surface area contributed by atoms with Gasteiger partial charge in [-0.15, -0.1) is 0 Å². The van der Waals surface area contributed by atoms with Crippen LogP contribution in [0.5, 0.6) is 5.75 Å². The first-order valence-electron chi connectivity index (χ1n) is 5.48. The van der Waals surface area contributed by atoms with Gasteiger partial charge in [0, 0.05) is 13.1 Å². The summed E-state index contributed by atoms with van der Waals surface area (Å²) in [5, 5.41) is 2.48. The van der Waals surface area contributed by atoms with Crippen LogP contribution in [0.1, 0.15) is 12.0 Å². The molecular formula is C12H17FN2O2. The molecule has 4 nitrogen and oxygen atoms in total. The van der Waals surface area contributed by atoms with E-state index < -0.39 is 0 Å². The second kappa shape index (κ2) is 6.85. The Morgan fingerprint density at radius 2 is 2.24 bits per heavy atom. The molecule has 1 aromatic rings. The third-order valence-corrected chi connectivity index (χ3v) is 2.24. The van der Waals surface area contributed by atoms with Crippen molar-refractivity contribution in [2.75, 3.05) is 20.2 Å². The van der Waals surface area contributed by atoms with Crippen LogP contribution in [0.25, 0.3) is 0 Å². The fourth-order valence-corrected chi connectivity index (χ4v) is 1.40. The minimum atomic E-state index is -0.356. The fraction of sp³-hybridized carbons (Fsp3) is 0.417. The van der Waals surface area contributed by atoms with Crippen molar-refractivity contribution in [3.8, 4) is 5.75 Å². The maximum Gasteiger partial charge on any atom is 0.223 e. The molecule has 17 heavy (non-hydrogen) atoms. The van der Waals surface area contributed by atoms with Crippen molar-refractivity contribution in [3.05, 3.63) is 29.6 Å².